The Kier molecular flexibility index (Phi) is 3.03. The predicted octanol–water partition coefficient (Wildman–Crippen LogP) is 1.80. The number of fused-ring (bicyclic) bond motifs is 2. The minimum atomic E-state index is -4.72. The fourth-order valence-electron chi connectivity index (χ4n) is 5.40. The molecule has 1 spiro atoms. The third-order valence-electron chi connectivity index (χ3n) is 6.42. The maximum absolute atomic E-state index is 13.3. The number of carbonyl (C=O) groups excluding carboxylic acids is 1. The third kappa shape index (κ3) is 1.88. The highest BCUT2D eigenvalue weighted by Gasteiger charge is 2.80. The molecule has 4 fully saturated rings. The van der Waals surface area contributed by atoms with Gasteiger partial charge in [-0.3, -0.25) is 9.69 Å². The molecule has 6 nitrogen and oxygen atoms in total. The van der Waals surface area contributed by atoms with Crippen LogP contribution in [0.3, 0.4) is 0 Å². The molecule has 0 aromatic heterocycles. The molecular weight excluding hydrogens is 365 g/mol. The first kappa shape index (κ1) is 17.0. The highest BCUT2D eigenvalue weighted by molar-refractivity contribution is 6.00. The summed E-state index contributed by atoms with van der Waals surface area (Å²) in [4.78, 5) is 14.4. The van der Waals surface area contributed by atoms with Crippen molar-refractivity contribution in [3.63, 3.8) is 0 Å². The summed E-state index contributed by atoms with van der Waals surface area (Å²) >= 11 is 0. The Balaban J connectivity index is 1.61. The van der Waals surface area contributed by atoms with Crippen LogP contribution in [0.15, 0.2) is 18.2 Å². The van der Waals surface area contributed by atoms with Crippen LogP contribution in [0.4, 0.5) is 18.9 Å². The van der Waals surface area contributed by atoms with E-state index in [1.54, 1.807) is 6.92 Å². The second-order valence-corrected chi connectivity index (χ2v) is 7.84. The molecule has 6 atom stereocenters. The molecule has 2 bridgehead atoms. The van der Waals surface area contributed by atoms with Gasteiger partial charge in [0, 0.05) is 12.1 Å². The Labute approximate surface area is 152 Å². The van der Waals surface area contributed by atoms with Crippen LogP contribution in [-0.2, 0) is 20.4 Å². The average molecular weight is 380 g/mol. The highest BCUT2D eigenvalue weighted by Crippen LogP contribution is 2.65. The number of anilines is 1. The summed E-state index contributed by atoms with van der Waals surface area (Å²) in [7, 11) is 0. The maximum Gasteiger partial charge on any atom is 0.417 e. The van der Waals surface area contributed by atoms with Crippen LogP contribution in [0, 0.1) is 23.2 Å². The zero-order valence-corrected chi connectivity index (χ0v) is 14.2. The zero-order chi connectivity index (χ0) is 19.4. The van der Waals surface area contributed by atoms with E-state index in [0.717, 1.165) is 12.1 Å². The number of alkyl halides is 3. The zero-order valence-electron chi connectivity index (χ0n) is 14.2. The van der Waals surface area contributed by atoms with Gasteiger partial charge in [-0.2, -0.15) is 18.4 Å². The Morgan fingerprint density at radius 1 is 1.41 bits per heavy atom. The van der Waals surface area contributed by atoms with Gasteiger partial charge in [0.05, 0.1) is 47.3 Å². The Bertz CT molecular complexity index is 913. The van der Waals surface area contributed by atoms with Gasteiger partial charge in [0.15, 0.2) is 0 Å². The van der Waals surface area contributed by atoms with Gasteiger partial charge < -0.3 is 14.6 Å². The first-order valence-corrected chi connectivity index (χ1v) is 8.57. The molecule has 2 unspecified atom stereocenters. The number of ether oxygens (including phenoxy) is 2. The quantitative estimate of drug-likeness (QED) is 0.804. The lowest BCUT2D eigenvalue weighted by atomic mass is 9.68. The molecule has 1 amide bonds. The SMILES string of the molecule is CC12C[C@H](O)C3(CO[C@H]4[C@@H]3[C@@H]1C(=O)N4c1ccc(C#N)c(C(F)(F)F)c1)O2. The number of carbonyl (C=O) groups is 1. The van der Waals surface area contributed by atoms with Crippen LogP contribution in [0.1, 0.15) is 24.5 Å². The number of halogens is 3. The lowest BCUT2D eigenvalue weighted by Crippen LogP contribution is -2.49. The molecule has 27 heavy (non-hydrogen) atoms. The van der Waals surface area contributed by atoms with Crippen molar-refractivity contribution >= 4 is 11.6 Å². The van der Waals surface area contributed by atoms with E-state index in [4.69, 9.17) is 14.7 Å². The molecule has 0 aliphatic carbocycles. The van der Waals surface area contributed by atoms with E-state index in [-0.39, 0.29) is 24.6 Å². The number of hydrogen-bond acceptors (Lipinski definition) is 5. The Morgan fingerprint density at radius 2 is 2.15 bits per heavy atom. The lowest BCUT2D eigenvalue weighted by molar-refractivity contribution is -0.138. The molecular formula is C18H15F3N2O4. The van der Waals surface area contributed by atoms with Crippen LogP contribution in [-0.4, -0.2) is 41.2 Å². The number of benzene rings is 1. The first-order valence-electron chi connectivity index (χ1n) is 8.57. The van der Waals surface area contributed by atoms with Gasteiger partial charge in [-0.1, -0.05) is 0 Å². The Morgan fingerprint density at radius 3 is 2.81 bits per heavy atom. The van der Waals surface area contributed by atoms with Gasteiger partial charge >= 0.3 is 6.18 Å². The van der Waals surface area contributed by atoms with Gasteiger partial charge in [-0.15, -0.1) is 0 Å². The third-order valence-corrected chi connectivity index (χ3v) is 6.42. The largest absolute Gasteiger partial charge is 0.417 e. The first-order chi connectivity index (χ1) is 12.6. The van der Waals surface area contributed by atoms with Gasteiger partial charge in [-0.05, 0) is 25.1 Å². The minimum Gasteiger partial charge on any atom is -0.390 e. The topological polar surface area (TPSA) is 82.8 Å². The normalized spacial score (nSPS) is 41.9. The fraction of sp³-hybridized carbons (Fsp3) is 0.556. The van der Waals surface area contributed by atoms with Crippen molar-refractivity contribution in [3.8, 4) is 6.07 Å². The van der Waals surface area contributed by atoms with Crippen molar-refractivity contribution in [1.82, 2.24) is 0 Å². The Hall–Kier alpha value is -2.15. The van der Waals surface area contributed by atoms with E-state index < -0.39 is 52.7 Å². The van der Waals surface area contributed by atoms with E-state index in [1.807, 2.05) is 0 Å². The molecule has 1 aromatic rings. The lowest BCUT2D eigenvalue weighted by Gasteiger charge is -2.31. The molecule has 142 valence electrons. The molecule has 0 radical (unpaired) electrons. The number of aliphatic hydroxyl groups is 1. The number of amides is 1. The fourth-order valence-corrected chi connectivity index (χ4v) is 5.40. The number of nitrogens with zero attached hydrogens (tertiary/aromatic N) is 2. The van der Waals surface area contributed by atoms with E-state index in [1.165, 1.54) is 17.0 Å². The number of hydrogen-bond donors (Lipinski definition) is 1. The van der Waals surface area contributed by atoms with Crippen molar-refractivity contribution in [2.24, 2.45) is 11.8 Å². The molecule has 4 aliphatic heterocycles. The summed E-state index contributed by atoms with van der Waals surface area (Å²) in [6, 6.07) is 4.73. The number of aliphatic hydroxyl groups excluding tert-OH is 1. The van der Waals surface area contributed by atoms with Crippen molar-refractivity contribution in [3.05, 3.63) is 29.3 Å². The standard InChI is InChI=1S/C18H15F3N2O4/c1-16-5-11(24)17(27-16)7-26-15-13(17)12(16)14(25)23(15)9-3-2-8(6-22)10(4-9)18(19,20)21/h2-4,11-13,15,24H,5,7H2,1H3/t11-,12+,13-,15-,16?,17?/m0/s1. The number of nitriles is 1. The summed E-state index contributed by atoms with van der Waals surface area (Å²) in [6.07, 6.45) is -6.02. The van der Waals surface area contributed by atoms with Crippen molar-refractivity contribution in [1.29, 1.82) is 5.26 Å². The molecule has 5 rings (SSSR count). The summed E-state index contributed by atoms with van der Waals surface area (Å²) in [5.41, 5.74) is -3.43. The van der Waals surface area contributed by atoms with E-state index >= 15 is 0 Å². The summed E-state index contributed by atoms with van der Waals surface area (Å²) in [5, 5.41) is 19.4. The van der Waals surface area contributed by atoms with E-state index in [9.17, 15) is 23.1 Å². The van der Waals surface area contributed by atoms with Crippen LogP contribution in [0.2, 0.25) is 0 Å². The van der Waals surface area contributed by atoms with Crippen LogP contribution in [0.25, 0.3) is 0 Å². The van der Waals surface area contributed by atoms with Crippen LogP contribution >= 0.6 is 0 Å². The second kappa shape index (κ2) is 4.82. The second-order valence-electron chi connectivity index (χ2n) is 7.84. The van der Waals surface area contributed by atoms with Crippen LogP contribution in [0.5, 0.6) is 0 Å². The van der Waals surface area contributed by atoms with E-state index in [0.29, 0.717) is 0 Å². The smallest absolute Gasteiger partial charge is 0.390 e. The molecule has 4 aliphatic rings. The van der Waals surface area contributed by atoms with Crippen molar-refractivity contribution in [2.75, 3.05) is 11.5 Å². The molecule has 9 heteroatoms. The van der Waals surface area contributed by atoms with Crippen molar-refractivity contribution < 1.29 is 32.5 Å². The highest BCUT2D eigenvalue weighted by atomic mass is 19.4. The monoisotopic (exact) mass is 380 g/mol. The summed E-state index contributed by atoms with van der Waals surface area (Å²) in [5.74, 6) is -1.40. The maximum atomic E-state index is 13.3. The molecule has 1 N–H and O–H groups in total. The minimum absolute atomic E-state index is 0.0280. The van der Waals surface area contributed by atoms with Gasteiger partial charge in [-0.25, -0.2) is 0 Å². The molecule has 4 heterocycles. The van der Waals surface area contributed by atoms with E-state index in [2.05, 4.69) is 0 Å². The van der Waals surface area contributed by atoms with Gasteiger partial charge in [0.2, 0.25) is 5.91 Å². The van der Waals surface area contributed by atoms with Crippen molar-refractivity contribution in [2.45, 2.75) is 43.1 Å². The van der Waals surface area contributed by atoms with Crippen LogP contribution < -0.4 is 4.90 Å². The average Bonchev–Trinajstić information content (AvgIpc) is 3.24. The molecule has 0 saturated carbocycles. The summed E-state index contributed by atoms with van der Waals surface area (Å²) < 4.78 is 51.8. The molecule has 4 saturated heterocycles. The van der Waals surface area contributed by atoms with Gasteiger partial charge in [0.1, 0.15) is 11.8 Å². The predicted molar refractivity (Wildman–Crippen MR) is 83.2 cm³/mol. The molecule has 1 aromatic carbocycles. The van der Waals surface area contributed by atoms with Gasteiger partial charge in [0.25, 0.3) is 0 Å². The summed E-state index contributed by atoms with van der Waals surface area (Å²) in [6.45, 7) is 1.84. The number of rotatable bonds is 1.